The molecule has 0 aliphatic rings. The van der Waals surface area contributed by atoms with Crippen LogP contribution in [0.1, 0.15) is 111 Å². The van der Waals surface area contributed by atoms with Gasteiger partial charge in [-0.15, -0.1) is 0 Å². The standard InChI is InChI=1S/C18H38O2Si.Na.H/c1-2-3-4-5-6-7-8-9-10-11-12-13-14-15-16-17-18(19)20-21;;/h2-17H2,1,21H3;;/q;+1;-1. The van der Waals surface area contributed by atoms with E-state index in [1.165, 1.54) is 89.9 Å². The Hall–Kier alpha value is 0.687. The van der Waals surface area contributed by atoms with Crippen molar-refractivity contribution in [1.29, 1.82) is 0 Å². The molecular weight excluding hydrogens is 299 g/mol. The molecule has 2 nitrogen and oxygen atoms in total. The Balaban J connectivity index is -0.00000200. The van der Waals surface area contributed by atoms with Gasteiger partial charge in [-0.2, -0.15) is 0 Å². The zero-order valence-corrected chi connectivity index (χ0v) is 19.6. The van der Waals surface area contributed by atoms with Crippen molar-refractivity contribution in [3.63, 3.8) is 0 Å². The number of unbranched alkanes of at least 4 members (excludes halogenated alkanes) is 14. The average Bonchev–Trinajstić information content (AvgIpc) is 2.50. The molecular formula is C18H39NaO2Si. The molecule has 0 fully saturated rings. The maximum absolute atomic E-state index is 11.0. The molecule has 0 N–H and O–H groups in total. The maximum atomic E-state index is 11.0. The predicted octanol–water partition coefficient (Wildman–Crippen LogP) is 2.19. The van der Waals surface area contributed by atoms with Crippen molar-refractivity contribution >= 4 is 16.5 Å². The summed E-state index contributed by atoms with van der Waals surface area (Å²) in [5.74, 6) is -0.00337. The second-order valence-electron chi connectivity index (χ2n) is 6.28. The van der Waals surface area contributed by atoms with Gasteiger partial charge in [0.2, 0.25) is 10.5 Å². The summed E-state index contributed by atoms with van der Waals surface area (Å²) in [5.41, 5.74) is 0. The minimum Gasteiger partial charge on any atom is -1.00 e. The van der Waals surface area contributed by atoms with E-state index in [0.29, 0.717) is 16.9 Å². The topological polar surface area (TPSA) is 26.3 Å². The van der Waals surface area contributed by atoms with E-state index in [-0.39, 0.29) is 37.0 Å². The Morgan fingerprint density at radius 2 is 1.05 bits per heavy atom. The van der Waals surface area contributed by atoms with Crippen LogP contribution in [0.25, 0.3) is 0 Å². The second-order valence-corrected chi connectivity index (χ2v) is 6.68. The van der Waals surface area contributed by atoms with Gasteiger partial charge in [0, 0.05) is 6.42 Å². The number of carbonyl (C=O) groups is 1. The summed E-state index contributed by atoms with van der Waals surface area (Å²) in [6, 6.07) is 0. The molecule has 0 aromatic rings. The van der Waals surface area contributed by atoms with E-state index in [1.54, 1.807) is 0 Å². The zero-order chi connectivity index (χ0) is 15.6. The van der Waals surface area contributed by atoms with Crippen molar-refractivity contribution in [3.05, 3.63) is 0 Å². The van der Waals surface area contributed by atoms with Crippen LogP contribution in [0.5, 0.6) is 0 Å². The monoisotopic (exact) mass is 338 g/mol. The van der Waals surface area contributed by atoms with Crippen LogP contribution in [-0.2, 0) is 9.22 Å². The number of carbonyl (C=O) groups excluding carboxylic acids is 1. The van der Waals surface area contributed by atoms with E-state index in [4.69, 9.17) is 4.43 Å². The molecule has 0 aromatic carbocycles. The van der Waals surface area contributed by atoms with Gasteiger partial charge in [0.25, 0.3) is 5.97 Å². The Morgan fingerprint density at radius 1 is 0.727 bits per heavy atom. The van der Waals surface area contributed by atoms with E-state index < -0.39 is 0 Å². The first kappa shape index (κ1) is 24.9. The molecule has 0 spiro atoms. The van der Waals surface area contributed by atoms with Crippen molar-refractivity contribution < 1.29 is 40.2 Å². The number of hydrogen-bond acceptors (Lipinski definition) is 2. The average molecular weight is 339 g/mol. The Kier molecular flexibility index (Phi) is 24.6. The SMILES string of the molecule is CCCCCCCCCCCCCCCCCC(=O)O[SiH3].[H-].[Na+]. The van der Waals surface area contributed by atoms with E-state index in [2.05, 4.69) is 6.92 Å². The molecule has 4 heteroatoms. The van der Waals surface area contributed by atoms with Gasteiger partial charge in [0.1, 0.15) is 0 Å². The second kappa shape index (κ2) is 21.7. The minimum atomic E-state index is -0.00337. The zero-order valence-electron chi connectivity index (χ0n) is 16.6. The summed E-state index contributed by atoms with van der Waals surface area (Å²) >= 11 is 0. The molecule has 0 radical (unpaired) electrons. The van der Waals surface area contributed by atoms with Crippen LogP contribution < -0.4 is 29.6 Å². The summed E-state index contributed by atoms with van der Waals surface area (Å²) < 4.78 is 4.77. The maximum Gasteiger partial charge on any atom is 1.00 e. The molecule has 0 bridgehead atoms. The van der Waals surface area contributed by atoms with Gasteiger partial charge in [-0.25, -0.2) is 0 Å². The van der Waals surface area contributed by atoms with Crippen LogP contribution in [-0.4, -0.2) is 16.5 Å². The van der Waals surface area contributed by atoms with E-state index in [0.717, 1.165) is 6.42 Å². The third kappa shape index (κ3) is 20.7. The molecule has 0 rings (SSSR count). The van der Waals surface area contributed by atoms with Crippen molar-refractivity contribution in [1.82, 2.24) is 0 Å². The predicted molar refractivity (Wildman–Crippen MR) is 96.7 cm³/mol. The molecule has 0 saturated carbocycles. The molecule has 0 amide bonds. The molecule has 0 unspecified atom stereocenters. The first-order chi connectivity index (χ1) is 10.3. The Labute approximate surface area is 165 Å². The summed E-state index contributed by atoms with van der Waals surface area (Å²) in [6.45, 7) is 2.28. The quantitative estimate of drug-likeness (QED) is 0.318. The molecule has 128 valence electrons. The van der Waals surface area contributed by atoms with Gasteiger partial charge in [-0.1, -0.05) is 96.8 Å². The number of hydrogen-bond donors (Lipinski definition) is 0. The van der Waals surface area contributed by atoms with Crippen LogP contribution in [0.2, 0.25) is 0 Å². The van der Waals surface area contributed by atoms with Crippen molar-refractivity contribution in [2.75, 3.05) is 0 Å². The fraction of sp³-hybridized carbons (Fsp3) is 0.944. The van der Waals surface area contributed by atoms with Crippen LogP contribution in [0.3, 0.4) is 0 Å². The minimum absolute atomic E-state index is 0. The summed E-state index contributed by atoms with van der Waals surface area (Å²) in [7, 11) is 0.544. The third-order valence-electron chi connectivity index (χ3n) is 4.21. The molecule has 0 heterocycles. The van der Waals surface area contributed by atoms with Crippen LogP contribution in [0.4, 0.5) is 0 Å². The van der Waals surface area contributed by atoms with Crippen molar-refractivity contribution in [2.24, 2.45) is 0 Å². The smallest absolute Gasteiger partial charge is 1.00 e. The van der Waals surface area contributed by atoms with Crippen LogP contribution >= 0.6 is 0 Å². The number of rotatable bonds is 16. The molecule has 0 aromatic heterocycles. The van der Waals surface area contributed by atoms with Crippen LogP contribution in [0, 0.1) is 0 Å². The van der Waals surface area contributed by atoms with E-state index in [1.807, 2.05) is 0 Å². The molecule has 22 heavy (non-hydrogen) atoms. The molecule has 0 atom stereocenters. The van der Waals surface area contributed by atoms with Crippen LogP contribution in [0.15, 0.2) is 0 Å². The first-order valence-corrected chi connectivity index (χ1v) is 10.2. The van der Waals surface area contributed by atoms with Gasteiger partial charge in [-0.05, 0) is 6.42 Å². The largest absolute Gasteiger partial charge is 1.00 e. The van der Waals surface area contributed by atoms with Gasteiger partial charge in [-0.3, -0.25) is 4.79 Å². The van der Waals surface area contributed by atoms with Crippen molar-refractivity contribution in [3.8, 4) is 0 Å². The van der Waals surface area contributed by atoms with E-state index in [9.17, 15) is 4.79 Å². The Bertz CT molecular complexity index is 231. The summed E-state index contributed by atoms with van der Waals surface area (Å²) in [5, 5.41) is 0. The molecule has 0 aliphatic carbocycles. The van der Waals surface area contributed by atoms with E-state index >= 15 is 0 Å². The summed E-state index contributed by atoms with van der Waals surface area (Å²) in [4.78, 5) is 11.0. The molecule has 0 saturated heterocycles. The molecule has 0 aliphatic heterocycles. The normalized spacial score (nSPS) is 10.4. The van der Waals surface area contributed by atoms with Gasteiger partial charge >= 0.3 is 29.6 Å². The fourth-order valence-electron chi connectivity index (χ4n) is 2.74. The van der Waals surface area contributed by atoms with Gasteiger partial charge in [0.05, 0.1) is 0 Å². The van der Waals surface area contributed by atoms with Crippen molar-refractivity contribution in [2.45, 2.75) is 110 Å². The fourth-order valence-corrected chi connectivity index (χ4v) is 2.95. The first-order valence-electron chi connectivity index (χ1n) is 9.38. The third-order valence-corrected chi connectivity index (χ3v) is 4.67. The van der Waals surface area contributed by atoms with Gasteiger partial charge in [0.15, 0.2) is 0 Å². The summed E-state index contributed by atoms with van der Waals surface area (Å²) in [6.07, 6.45) is 21.1. The van der Waals surface area contributed by atoms with Gasteiger partial charge < -0.3 is 5.85 Å². The Morgan fingerprint density at radius 3 is 1.36 bits per heavy atom.